The van der Waals surface area contributed by atoms with Crippen LogP contribution in [0.15, 0.2) is 48.7 Å². The van der Waals surface area contributed by atoms with Gasteiger partial charge < -0.3 is 10.1 Å². The maximum absolute atomic E-state index is 11.7. The standard InChI is InChI=1S/C19H17ClN4O4/c1-23-11-13(18(22-23)12-6-4-3-5-7-12)10-21-16-9-15(20)14(19(25)28-2)8-17(16)24(26)27/h3-9,11,21H,10H2,1-2H3. The number of benzene rings is 2. The molecule has 1 heterocycles. The molecule has 3 aromatic rings. The Hall–Kier alpha value is -3.39. The Morgan fingerprint density at radius 3 is 2.68 bits per heavy atom. The van der Waals surface area contributed by atoms with E-state index in [9.17, 15) is 14.9 Å². The normalized spacial score (nSPS) is 10.5. The maximum Gasteiger partial charge on any atom is 0.339 e. The third-order valence-corrected chi connectivity index (χ3v) is 4.42. The predicted octanol–water partition coefficient (Wildman–Crippen LogP) is 4.05. The lowest BCUT2D eigenvalue weighted by Gasteiger charge is -2.10. The number of methoxy groups -OCH3 is 1. The number of carbonyl (C=O) groups is 1. The highest BCUT2D eigenvalue weighted by molar-refractivity contribution is 6.34. The van der Waals surface area contributed by atoms with Gasteiger partial charge in [-0.2, -0.15) is 5.10 Å². The van der Waals surface area contributed by atoms with Crippen molar-refractivity contribution in [2.75, 3.05) is 12.4 Å². The van der Waals surface area contributed by atoms with Gasteiger partial charge in [-0.15, -0.1) is 0 Å². The van der Waals surface area contributed by atoms with E-state index in [-0.39, 0.29) is 28.5 Å². The van der Waals surface area contributed by atoms with E-state index in [1.54, 1.807) is 11.7 Å². The number of rotatable bonds is 6. The number of esters is 1. The van der Waals surface area contributed by atoms with Crippen molar-refractivity contribution in [3.63, 3.8) is 0 Å². The first-order chi connectivity index (χ1) is 13.4. The number of carbonyl (C=O) groups excluding carboxylic acids is 1. The van der Waals surface area contributed by atoms with Gasteiger partial charge in [-0.1, -0.05) is 41.9 Å². The van der Waals surface area contributed by atoms with Crippen LogP contribution < -0.4 is 5.32 Å². The Bertz CT molecular complexity index is 1030. The van der Waals surface area contributed by atoms with E-state index in [2.05, 4.69) is 15.2 Å². The molecule has 0 amide bonds. The minimum atomic E-state index is -0.738. The van der Waals surface area contributed by atoms with Crippen molar-refractivity contribution in [1.82, 2.24) is 9.78 Å². The summed E-state index contributed by atoms with van der Waals surface area (Å²) in [6.45, 7) is 0.285. The van der Waals surface area contributed by atoms with Gasteiger partial charge in [0, 0.05) is 37.0 Å². The number of ether oxygens (including phenoxy) is 1. The molecule has 0 spiro atoms. The summed E-state index contributed by atoms with van der Waals surface area (Å²) in [6.07, 6.45) is 1.84. The summed E-state index contributed by atoms with van der Waals surface area (Å²) < 4.78 is 6.29. The van der Waals surface area contributed by atoms with Crippen molar-refractivity contribution in [2.24, 2.45) is 7.05 Å². The fraction of sp³-hybridized carbons (Fsp3) is 0.158. The molecule has 9 heteroatoms. The molecule has 2 aromatic carbocycles. The number of nitrogens with one attached hydrogen (secondary N) is 1. The van der Waals surface area contributed by atoms with E-state index in [1.165, 1.54) is 13.2 Å². The number of aryl methyl sites for hydroxylation is 1. The number of aromatic nitrogens is 2. The molecule has 0 radical (unpaired) electrons. The van der Waals surface area contributed by atoms with Crippen molar-refractivity contribution in [1.29, 1.82) is 0 Å². The third-order valence-electron chi connectivity index (χ3n) is 4.11. The Balaban J connectivity index is 1.93. The highest BCUT2D eigenvalue weighted by Crippen LogP contribution is 2.32. The van der Waals surface area contributed by atoms with Crippen LogP contribution in [0.2, 0.25) is 5.02 Å². The van der Waals surface area contributed by atoms with Crippen LogP contribution in [-0.4, -0.2) is 27.8 Å². The highest BCUT2D eigenvalue weighted by Gasteiger charge is 2.22. The van der Waals surface area contributed by atoms with Crippen LogP contribution in [0.3, 0.4) is 0 Å². The smallest absolute Gasteiger partial charge is 0.339 e. The van der Waals surface area contributed by atoms with Gasteiger partial charge in [0.2, 0.25) is 0 Å². The first kappa shape index (κ1) is 19.4. The van der Waals surface area contributed by atoms with E-state index < -0.39 is 10.9 Å². The summed E-state index contributed by atoms with van der Waals surface area (Å²) in [6, 6.07) is 12.1. The molecular weight excluding hydrogens is 384 g/mol. The monoisotopic (exact) mass is 400 g/mol. The molecule has 0 saturated heterocycles. The van der Waals surface area contributed by atoms with E-state index in [4.69, 9.17) is 11.6 Å². The minimum absolute atomic E-state index is 0.0623. The maximum atomic E-state index is 11.7. The summed E-state index contributed by atoms with van der Waals surface area (Å²) in [4.78, 5) is 22.6. The second-order valence-electron chi connectivity index (χ2n) is 5.99. The molecule has 0 atom stereocenters. The van der Waals surface area contributed by atoms with Gasteiger partial charge in [0.1, 0.15) is 5.69 Å². The molecule has 0 unspecified atom stereocenters. The van der Waals surface area contributed by atoms with Crippen molar-refractivity contribution in [3.05, 3.63) is 74.9 Å². The van der Waals surface area contributed by atoms with E-state index in [0.717, 1.165) is 22.9 Å². The predicted molar refractivity (Wildman–Crippen MR) is 105 cm³/mol. The molecule has 1 N–H and O–H groups in total. The average Bonchev–Trinajstić information content (AvgIpc) is 3.06. The van der Waals surface area contributed by atoms with Crippen molar-refractivity contribution in [3.8, 4) is 11.3 Å². The van der Waals surface area contributed by atoms with Crippen molar-refractivity contribution >= 4 is 28.9 Å². The zero-order valence-corrected chi connectivity index (χ0v) is 15.9. The second-order valence-corrected chi connectivity index (χ2v) is 6.40. The summed E-state index contributed by atoms with van der Waals surface area (Å²) >= 11 is 6.11. The fourth-order valence-corrected chi connectivity index (χ4v) is 3.06. The van der Waals surface area contributed by atoms with Crippen LogP contribution in [0.1, 0.15) is 15.9 Å². The Morgan fingerprint density at radius 2 is 2.04 bits per heavy atom. The van der Waals surface area contributed by atoms with Crippen molar-refractivity contribution < 1.29 is 14.5 Å². The zero-order chi connectivity index (χ0) is 20.3. The Kier molecular flexibility index (Phi) is 5.60. The van der Waals surface area contributed by atoms with Crippen molar-refractivity contribution in [2.45, 2.75) is 6.54 Å². The average molecular weight is 401 g/mol. The molecule has 0 aliphatic rings. The first-order valence-corrected chi connectivity index (χ1v) is 8.66. The summed E-state index contributed by atoms with van der Waals surface area (Å²) in [5.74, 6) is -0.738. The molecule has 0 bridgehead atoms. The first-order valence-electron chi connectivity index (χ1n) is 8.28. The molecule has 0 aliphatic heterocycles. The van der Waals surface area contributed by atoms with Crippen LogP contribution in [0.25, 0.3) is 11.3 Å². The number of anilines is 1. The Morgan fingerprint density at radius 1 is 1.32 bits per heavy atom. The van der Waals surface area contributed by atoms with Gasteiger partial charge in [0.05, 0.1) is 28.3 Å². The van der Waals surface area contributed by atoms with Crippen LogP contribution in [0, 0.1) is 10.1 Å². The van der Waals surface area contributed by atoms with E-state index >= 15 is 0 Å². The molecule has 1 aromatic heterocycles. The third kappa shape index (κ3) is 3.96. The number of nitro benzene ring substituents is 1. The topological polar surface area (TPSA) is 99.3 Å². The van der Waals surface area contributed by atoms with Gasteiger partial charge in [-0.05, 0) is 6.07 Å². The fourth-order valence-electron chi connectivity index (χ4n) is 2.82. The lowest BCUT2D eigenvalue weighted by molar-refractivity contribution is -0.384. The van der Waals surface area contributed by atoms with Gasteiger partial charge in [0.15, 0.2) is 0 Å². The molecule has 8 nitrogen and oxygen atoms in total. The summed E-state index contributed by atoms with van der Waals surface area (Å²) in [5, 5.41) is 19.0. The van der Waals surface area contributed by atoms with E-state index in [1.807, 2.05) is 36.5 Å². The number of hydrogen-bond donors (Lipinski definition) is 1. The number of hydrogen-bond acceptors (Lipinski definition) is 6. The van der Waals surface area contributed by atoms with E-state index in [0.29, 0.717) is 0 Å². The van der Waals surface area contributed by atoms with Crippen LogP contribution >= 0.6 is 11.6 Å². The quantitative estimate of drug-likeness (QED) is 0.380. The largest absolute Gasteiger partial charge is 0.465 e. The molecule has 0 saturated carbocycles. The zero-order valence-electron chi connectivity index (χ0n) is 15.2. The molecular formula is C19H17ClN4O4. The molecule has 28 heavy (non-hydrogen) atoms. The van der Waals surface area contributed by atoms with Gasteiger partial charge in [-0.3, -0.25) is 14.8 Å². The lowest BCUT2D eigenvalue weighted by atomic mass is 10.1. The van der Waals surface area contributed by atoms with Gasteiger partial charge in [-0.25, -0.2) is 4.79 Å². The molecule has 3 rings (SSSR count). The molecule has 0 fully saturated rings. The van der Waals surface area contributed by atoms with Gasteiger partial charge >= 0.3 is 5.97 Å². The van der Waals surface area contributed by atoms with Crippen LogP contribution in [-0.2, 0) is 18.3 Å². The van der Waals surface area contributed by atoms with Gasteiger partial charge in [0.25, 0.3) is 5.69 Å². The number of halogens is 1. The second kappa shape index (κ2) is 8.10. The summed E-state index contributed by atoms with van der Waals surface area (Å²) in [5.41, 5.74) is 2.44. The van der Waals surface area contributed by atoms with Crippen LogP contribution in [0.4, 0.5) is 11.4 Å². The number of nitro groups is 1. The number of nitrogens with zero attached hydrogens (tertiary/aromatic N) is 3. The highest BCUT2D eigenvalue weighted by atomic mass is 35.5. The minimum Gasteiger partial charge on any atom is -0.465 e. The SMILES string of the molecule is COC(=O)c1cc([N+](=O)[O-])c(NCc2cn(C)nc2-c2ccccc2)cc1Cl. The lowest BCUT2D eigenvalue weighted by Crippen LogP contribution is -2.07. The summed E-state index contributed by atoms with van der Waals surface area (Å²) in [7, 11) is 2.99. The van der Waals surface area contributed by atoms with Crippen LogP contribution in [0.5, 0.6) is 0 Å². The molecule has 144 valence electrons. The Labute approximate surface area is 165 Å². The molecule has 0 aliphatic carbocycles.